The Labute approximate surface area is 147 Å². The van der Waals surface area contributed by atoms with E-state index >= 15 is 0 Å². The van der Waals surface area contributed by atoms with Crippen LogP contribution in [0.15, 0.2) is 89.6 Å². The fraction of sp³-hybridized carbons (Fsp3) is 0.0909. The van der Waals surface area contributed by atoms with Crippen molar-refractivity contribution in [2.45, 2.75) is 13.3 Å². The smallest absolute Gasteiger partial charge is 0.275 e. The number of nitrogens with zero attached hydrogens (tertiary/aromatic N) is 2. The lowest BCUT2D eigenvalue weighted by atomic mass is 10.1. The number of aryl methyl sites for hydroxylation is 1. The van der Waals surface area contributed by atoms with Gasteiger partial charge in [0.05, 0.1) is 11.4 Å². The molecule has 0 unspecified atom stereocenters. The number of aliphatic imine (C=N–C) groups is 1. The van der Waals surface area contributed by atoms with Gasteiger partial charge in [0.2, 0.25) is 0 Å². The van der Waals surface area contributed by atoms with Crippen molar-refractivity contribution in [2.75, 3.05) is 4.90 Å². The van der Waals surface area contributed by atoms with Gasteiger partial charge in [0.1, 0.15) is 5.71 Å². The highest BCUT2D eigenvalue weighted by atomic mass is 16.2. The Hall–Kier alpha value is -3.20. The number of carbonyl (C=O) groups excluding carboxylic acids is 1. The van der Waals surface area contributed by atoms with Crippen molar-refractivity contribution in [3.63, 3.8) is 0 Å². The summed E-state index contributed by atoms with van der Waals surface area (Å²) in [5, 5.41) is 0. The van der Waals surface area contributed by atoms with E-state index in [9.17, 15) is 4.79 Å². The van der Waals surface area contributed by atoms with E-state index in [1.54, 1.807) is 4.90 Å². The van der Waals surface area contributed by atoms with Gasteiger partial charge >= 0.3 is 0 Å². The molecule has 4 rings (SSSR count). The van der Waals surface area contributed by atoms with Gasteiger partial charge in [-0.15, -0.1) is 0 Å². The van der Waals surface area contributed by atoms with Gasteiger partial charge in [0.15, 0.2) is 0 Å². The quantitative estimate of drug-likeness (QED) is 0.775. The van der Waals surface area contributed by atoms with Crippen LogP contribution >= 0.6 is 0 Å². The summed E-state index contributed by atoms with van der Waals surface area (Å²) in [6.45, 7) is 2.03. The summed E-state index contributed by atoms with van der Waals surface area (Å²) < 4.78 is 0. The van der Waals surface area contributed by atoms with E-state index < -0.39 is 0 Å². The van der Waals surface area contributed by atoms with E-state index in [2.05, 4.69) is 17.1 Å². The van der Waals surface area contributed by atoms with Crippen LogP contribution in [0.25, 0.3) is 0 Å². The number of anilines is 1. The topological polar surface area (TPSA) is 32.7 Å². The Morgan fingerprint density at radius 1 is 1.00 bits per heavy atom. The number of rotatable bonds is 2. The van der Waals surface area contributed by atoms with Crippen LogP contribution in [-0.2, 0) is 4.79 Å². The van der Waals surface area contributed by atoms with Crippen molar-refractivity contribution in [2.24, 2.45) is 4.99 Å². The molecule has 0 bridgehead atoms. The van der Waals surface area contributed by atoms with Crippen molar-refractivity contribution >= 4 is 23.0 Å². The molecule has 3 heteroatoms. The third kappa shape index (κ3) is 2.85. The van der Waals surface area contributed by atoms with E-state index in [1.807, 2.05) is 73.7 Å². The van der Waals surface area contributed by atoms with Crippen molar-refractivity contribution in [3.8, 4) is 0 Å². The number of hydrogen-bond donors (Lipinski definition) is 0. The van der Waals surface area contributed by atoms with E-state index in [4.69, 9.17) is 0 Å². The number of fused-ring (bicyclic) bond motifs is 1. The summed E-state index contributed by atoms with van der Waals surface area (Å²) in [7, 11) is 0. The van der Waals surface area contributed by atoms with Crippen LogP contribution in [-0.4, -0.2) is 11.6 Å². The van der Waals surface area contributed by atoms with Crippen LogP contribution in [0, 0.1) is 6.92 Å². The van der Waals surface area contributed by atoms with E-state index in [-0.39, 0.29) is 5.91 Å². The maximum Gasteiger partial charge on any atom is 0.282 e. The van der Waals surface area contributed by atoms with Gasteiger partial charge in [-0.3, -0.25) is 9.69 Å². The molecule has 122 valence electrons. The number of carbonyl (C=O) groups is 1. The normalized spacial score (nSPS) is 17.6. The summed E-state index contributed by atoms with van der Waals surface area (Å²) in [6, 6.07) is 15.7. The third-order valence-corrected chi connectivity index (χ3v) is 4.30. The molecule has 1 heterocycles. The van der Waals surface area contributed by atoms with Gasteiger partial charge in [-0.25, -0.2) is 4.99 Å². The minimum absolute atomic E-state index is 0.0898. The molecule has 1 aliphatic heterocycles. The van der Waals surface area contributed by atoms with Gasteiger partial charge in [-0.2, -0.15) is 0 Å². The Morgan fingerprint density at radius 2 is 1.80 bits per heavy atom. The van der Waals surface area contributed by atoms with Gasteiger partial charge in [-0.05, 0) is 43.7 Å². The molecule has 0 radical (unpaired) electrons. The van der Waals surface area contributed by atoms with Crippen LogP contribution in [0.3, 0.4) is 0 Å². The molecule has 25 heavy (non-hydrogen) atoms. The molecule has 0 atom stereocenters. The Morgan fingerprint density at radius 3 is 2.64 bits per heavy atom. The van der Waals surface area contributed by atoms with Gasteiger partial charge in [0.25, 0.3) is 5.91 Å². The zero-order valence-corrected chi connectivity index (χ0v) is 14.0. The second-order valence-electron chi connectivity index (χ2n) is 6.11. The molecule has 3 nitrogen and oxygen atoms in total. The molecule has 0 aromatic heterocycles. The van der Waals surface area contributed by atoms with E-state index in [1.165, 1.54) is 5.56 Å². The predicted molar refractivity (Wildman–Crippen MR) is 102 cm³/mol. The standard InChI is InChI=1S/C22H18N2O/c1-16-12-14-17(15-13-16)23-21-19-10-6-7-11-20(19)24(22(21)25)18-8-4-2-3-5-9-18/h2,4-15H,3H2,1H3. The molecule has 2 aliphatic rings. The highest BCUT2D eigenvalue weighted by Gasteiger charge is 2.35. The second kappa shape index (κ2) is 6.36. The number of allylic oxidation sites excluding steroid dienone is 5. The Balaban J connectivity index is 1.82. The van der Waals surface area contributed by atoms with Crippen LogP contribution in [0.2, 0.25) is 0 Å². The number of benzene rings is 2. The minimum atomic E-state index is -0.0898. The molecular weight excluding hydrogens is 308 g/mol. The molecule has 0 saturated heterocycles. The number of para-hydroxylation sites is 1. The molecule has 0 saturated carbocycles. The zero-order chi connectivity index (χ0) is 17.2. The van der Waals surface area contributed by atoms with Gasteiger partial charge in [-0.1, -0.05) is 54.1 Å². The van der Waals surface area contributed by atoms with Gasteiger partial charge in [0, 0.05) is 11.3 Å². The summed E-state index contributed by atoms with van der Waals surface area (Å²) in [5.41, 5.74) is 5.06. The number of amides is 1. The first-order chi connectivity index (χ1) is 12.2. The predicted octanol–water partition coefficient (Wildman–Crippen LogP) is 4.86. The van der Waals surface area contributed by atoms with Gasteiger partial charge < -0.3 is 0 Å². The van der Waals surface area contributed by atoms with Crippen molar-refractivity contribution in [1.82, 2.24) is 0 Å². The first-order valence-electron chi connectivity index (χ1n) is 8.36. The first-order valence-corrected chi connectivity index (χ1v) is 8.36. The maximum atomic E-state index is 13.1. The average Bonchev–Trinajstić information content (AvgIpc) is 2.80. The lowest BCUT2D eigenvalue weighted by molar-refractivity contribution is -0.111. The first kappa shape index (κ1) is 15.3. The highest BCUT2D eigenvalue weighted by Crippen LogP contribution is 2.34. The Bertz CT molecular complexity index is 946. The van der Waals surface area contributed by atoms with Crippen molar-refractivity contribution in [1.29, 1.82) is 0 Å². The third-order valence-electron chi connectivity index (χ3n) is 4.30. The molecule has 2 aromatic carbocycles. The second-order valence-corrected chi connectivity index (χ2v) is 6.11. The molecule has 1 aliphatic carbocycles. The van der Waals surface area contributed by atoms with Crippen LogP contribution in [0.4, 0.5) is 11.4 Å². The summed E-state index contributed by atoms with van der Waals surface area (Å²) in [4.78, 5) is 19.5. The SMILES string of the molecule is Cc1ccc(N=C2C(=O)N(C3=CC=CCC=C3)c3ccccc32)cc1. The maximum absolute atomic E-state index is 13.1. The summed E-state index contributed by atoms with van der Waals surface area (Å²) >= 11 is 0. The Kier molecular flexibility index (Phi) is 3.90. The minimum Gasteiger partial charge on any atom is -0.275 e. The molecule has 1 amide bonds. The van der Waals surface area contributed by atoms with Crippen LogP contribution in [0.1, 0.15) is 17.5 Å². The largest absolute Gasteiger partial charge is 0.282 e. The van der Waals surface area contributed by atoms with Crippen LogP contribution in [0.5, 0.6) is 0 Å². The summed E-state index contributed by atoms with van der Waals surface area (Å²) in [6.07, 6.45) is 10.9. The highest BCUT2D eigenvalue weighted by molar-refractivity contribution is 6.55. The molecular formula is C22H18N2O. The van der Waals surface area contributed by atoms with Crippen molar-refractivity contribution < 1.29 is 4.79 Å². The summed E-state index contributed by atoms with van der Waals surface area (Å²) in [5.74, 6) is -0.0898. The molecule has 2 aromatic rings. The fourth-order valence-corrected chi connectivity index (χ4v) is 3.03. The van der Waals surface area contributed by atoms with Crippen molar-refractivity contribution in [3.05, 3.63) is 95.7 Å². The molecule has 0 fully saturated rings. The number of hydrogen-bond acceptors (Lipinski definition) is 2. The molecule has 0 N–H and O–H groups in total. The fourth-order valence-electron chi connectivity index (χ4n) is 3.03. The van der Waals surface area contributed by atoms with Crippen LogP contribution < -0.4 is 4.90 Å². The molecule has 0 spiro atoms. The zero-order valence-electron chi connectivity index (χ0n) is 14.0. The lowest BCUT2D eigenvalue weighted by Crippen LogP contribution is -2.28. The van der Waals surface area contributed by atoms with E-state index in [0.29, 0.717) is 5.71 Å². The monoisotopic (exact) mass is 326 g/mol. The average molecular weight is 326 g/mol. The van der Waals surface area contributed by atoms with E-state index in [0.717, 1.165) is 29.1 Å². The lowest BCUT2D eigenvalue weighted by Gasteiger charge is -2.17.